The highest BCUT2D eigenvalue weighted by atomic mass is 16.4. The van der Waals surface area contributed by atoms with Crippen molar-refractivity contribution in [3.8, 4) is 0 Å². The van der Waals surface area contributed by atoms with Crippen LogP contribution in [0.15, 0.2) is 33.4 Å². The van der Waals surface area contributed by atoms with Gasteiger partial charge in [-0.3, -0.25) is 0 Å². The molecule has 0 bridgehead atoms. The molecule has 2 rings (SSSR count). The summed E-state index contributed by atoms with van der Waals surface area (Å²) in [6, 6.07) is 3.78. The van der Waals surface area contributed by atoms with Crippen LogP contribution in [0, 0.1) is 0 Å². The number of oxazole rings is 1. The maximum Gasteiger partial charge on any atom is 0.201 e. The summed E-state index contributed by atoms with van der Waals surface area (Å²) in [7, 11) is 1.92. The molecule has 80 valence electrons. The minimum absolute atomic E-state index is 0.618. The Bertz CT molecular complexity index is 392. The summed E-state index contributed by atoms with van der Waals surface area (Å²) < 4.78 is 10.8. The summed E-state index contributed by atoms with van der Waals surface area (Å²) in [4.78, 5) is 4.19. The smallest absolute Gasteiger partial charge is 0.201 e. The summed E-state index contributed by atoms with van der Waals surface area (Å²) in [6.45, 7) is 0.898. The van der Waals surface area contributed by atoms with Gasteiger partial charge in [-0.05, 0) is 19.2 Å². The van der Waals surface area contributed by atoms with Gasteiger partial charge in [-0.15, -0.1) is 0 Å². The number of aromatic nitrogens is 1. The monoisotopic (exact) mass is 206 g/mol. The van der Waals surface area contributed by atoms with Crippen LogP contribution in [-0.2, 0) is 12.8 Å². The lowest BCUT2D eigenvalue weighted by Crippen LogP contribution is -2.09. The third kappa shape index (κ3) is 2.70. The van der Waals surface area contributed by atoms with E-state index in [0.29, 0.717) is 12.3 Å². The van der Waals surface area contributed by atoms with Crippen LogP contribution in [0.1, 0.15) is 17.4 Å². The number of furan rings is 1. The normalized spacial score (nSPS) is 10.7. The molecular weight excluding hydrogens is 192 g/mol. The Morgan fingerprint density at radius 3 is 3.07 bits per heavy atom. The average Bonchev–Trinajstić information content (AvgIpc) is 2.87. The summed E-state index contributed by atoms with van der Waals surface area (Å²) in [5.74, 6) is 2.49. The molecule has 0 amide bonds. The molecule has 2 aromatic rings. The molecule has 0 aliphatic carbocycles. The molecule has 0 aliphatic heterocycles. The molecule has 0 fully saturated rings. The second-order valence-electron chi connectivity index (χ2n) is 3.33. The van der Waals surface area contributed by atoms with Gasteiger partial charge in [-0.25, -0.2) is 4.98 Å². The first-order chi connectivity index (χ1) is 7.38. The molecule has 0 saturated heterocycles. The first kappa shape index (κ1) is 9.98. The fourth-order valence-electron chi connectivity index (χ4n) is 1.36. The molecule has 4 heteroatoms. The minimum atomic E-state index is 0.618. The van der Waals surface area contributed by atoms with Crippen LogP contribution in [0.3, 0.4) is 0 Å². The van der Waals surface area contributed by atoms with Crippen molar-refractivity contribution >= 4 is 0 Å². The van der Waals surface area contributed by atoms with E-state index in [-0.39, 0.29) is 0 Å². The van der Waals surface area contributed by atoms with Gasteiger partial charge in [0.1, 0.15) is 11.5 Å². The maximum atomic E-state index is 5.55. The van der Waals surface area contributed by atoms with Gasteiger partial charge in [-0.1, -0.05) is 0 Å². The van der Waals surface area contributed by atoms with E-state index < -0.39 is 0 Å². The zero-order valence-electron chi connectivity index (χ0n) is 8.69. The molecule has 0 aromatic carbocycles. The number of likely N-dealkylation sites (N-methyl/N-ethyl adjacent to an activating group) is 1. The largest absolute Gasteiger partial charge is 0.469 e. The maximum absolute atomic E-state index is 5.55. The van der Waals surface area contributed by atoms with Crippen LogP contribution in [-0.4, -0.2) is 18.6 Å². The summed E-state index contributed by atoms with van der Waals surface area (Å²) in [5.41, 5.74) is 0. The molecule has 0 radical (unpaired) electrons. The molecule has 0 aliphatic rings. The van der Waals surface area contributed by atoms with Crippen molar-refractivity contribution in [2.24, 2.45) is 0 Å². The van der Waals surface area contributed by atoms with Gasteiger partial charge in [0.15, 0.2) is 0 Å². The first-order valence-corrected chi connectivity index (χ1v) is 4.99. The Hall–Kier alpha value is -1.55. The molecule has 2 heterocycles. The van der Waals surface area contributed by atoms with Gasteiger partial charge in [0, 0.05) is 13.0 Å². The van der Waals surface area contributed by atoms with Crippen molar-refractivity contribution < 1.29 is 8.83 Å². The van der Waals surface area contributed by atoms with Gasteiger partial charge in [0.2, 0.25) is 5.89 Å². The number of nitrogens with one attached hydrogen (secondary N) is 1. The van der Waals surface area contributed by atoms with E-state index in [9.17, 15) is 0 Å². The van der Waals surface area contributed by atoms with Crippen LogP contribution in [0.4, 0.5) is 0 Å². The molecule has 0 saturated carbocycles. The Morgan fingerprint density at radius 1 is 1.40 bits per heavy atom. The fraction of sp³-hybridized carbons (Fsp3) is 0.364. The summed E-state index contributed by atoms with van der Waals surface area (Å²) in [5, 5.41) is 3.06. The van der Waals surface area contributed by atoms with Crippen LogP contribution in [0.2, 0.25) is 0 Å². The van der Waals surface area contributed by atoms with E-state index in [1.165, 1.54) is 0 Å². The molecule has 1 N–H and O–H groups in total. The van der Waals surface area contributed by atoms with Crippen LogP contribution >= 0.6 is 0 Å². The molecule has 0 spiro atoms. The minimum Gasteiger partial charge on any atom is -0.469 e. The highest BCUT2D eigenvalue weighted by Gasteiger charge is 2.05. The Balaban J connectivity index is 1.95. The standard InChI is InChI=1S/C11H14N2O2/c1-12-5-4-10-8-13-11(15-10)7-9-3-2-6-14-9/h2-3,6,8,12H,4-5,7H2,1H3. The first-order valence-electron chi connectivity index (χ1n) is 4.99. The number of nitrogens with zero attached hydrogens (tertiary/aromatic N) is 1. The van der Waals surface area contributed by atoms with Crippen molar-refractivity contribution in [2.75, 3.05) is 13.6 Å². The van der Waals surface area contributed by atoms with E-state index in [1.807, 2.05) is 19.2 Å². The van der Waals surface area contributed by atoms with E-state index in [4.69, 9.17) is 8.83 Å². The molecule has 2 aromatic heterocycles. The molecule has 4 nitrogen and oxygen atoms in total. The van der Waals surface area contributed by atoms with Gasteiger partial charge in [0.05, 0.1) is 18.9 Å². The van der Waals surface area contributed by atoms with Gasteiger partial charge < -0.3 is 14.2 Å². The van der Waals surface area contributed by atoms with E-state index in [0.717, 1.165) is 24.5 Å². The molecule has 0 atom stereocenters. The van der Waals surface area contributed by atoms with Crippen molar-refractivity contribution in [3.63, 3.8) is 0 Å². The van der Waals surface area contributed by atoms with Crippen LogP contribution in [0.5, 0.6) is 0 Å². The SMILES string of the molecule is CNCCc1cnc(Cc2ccco2)o1. The lowest BCUT2D eigenvalue weighted by Gasteiger charge is -1.94. The third-order valence-electron chi connectivity index (χ3n) is 2.13. The lowest BCUT2D eigenvalue weighted by atomic mass is 10.3. The van der Waals surface area contributed by atoms with Crippen LogP contribution in [0.25, 0.3) is 0 Å². The van der Waals surface area contributed by atoms with E-state index in [1.54, 1.807) is 12.5 Å². The highest BCUT2D eigenvalue weighted by Crippen LogP contribution is 2.10. The van der Waals surface area contributed by atoms with E-state index >= 15 is 0 Å². The van der Waals surface area contributed by atoms with Crippen molar-refractivity contribution in [3.05, 3.63) is 42.0 Å². The zero-order valence-corrected chi connectivity index (χ0v) is 8.69. The third-order valence-corrected chi connectivity index (χ3v) is 2.13. The Morgan fingerprint density at radius 2 is 2.33 bits per heavy atom. The molecule has 0 unspecified atom stereocenters. The average molecular weight is 206 g/mol. The predicted molar refractivity (Wildman–Crippen MR) is 55.6 cm³/mol. The van der Waals surface area contributed by atoms with Crippen molar-refractivity contribution in [2.45, 2.75) is 12.8 Å². The van der Waals surface area contributed by atoms with Gasteiger partial charge in [-0.2, -0.15) is 0 Å². The zero-order chi connectivity index (χ0) is 10.5. The van der Waals surface area contributed by atoms with Crippen molar-refractivity contribution in [1.82, 2.24) is 10.3 Å². The predicted octanol–water partition coefficient (Wildman–Crippen LogP) is 1.62. The molecular formula is C11H14N2O2. The second kappa shape index (κ2) is 4.79. The number of hydrogen-bond acceptors (Lipinski definition) is 4. The number of hydrogen-bond donors (Lipinski definition) is 1. The van der Waals surface area contributed by atoms with Crippen molar-refractivity contribution in [1.29, 1.82) is 0 Å². The summed E-state index contributed by atoms with van der Waals surface area (Å²) in [6.07, 6.45) is 4.91. The van der Waals surface area contributed by atoms with Gasteiger partial charge in [0.25, 0.3) is 0 Å². The lowest BCUT2D eigenvalue weighted by molar-refractivity contribution is 0.438. The summed E-state index contributed by atoms with van der Waals surface area (Å²) >= 11 is 0. The fourth-order valence-corrected chi connectivity index (χ4v) is 1.36. The molecule has 15 heavy (non-hydrogen) atoms. The quantitative estimate of drug-likeness (QED) is 0.807. The highest BCUT2D eigenvalue weighted by molar-refractivity contribution is 5.06. The Labute approximate surface area is 88.3 Å². The number of rotatable bonds is 5. The topological polar surface area (TPSA) is 51.2 Å². The second-order valence-corrected chi connectivity index (χ2v) is 3.33. The van der Waals surface area contributed by atoms with Crippen LogP contribution < -0.4 is 5.32 Å². The Kier molecular flexibility index (Phi) is 3.19. The van der Waals surface area contributed by atoms with E-state index in [2.05, 4.69) is 10.3 Å². The van der Waals surface area contributed by atoms with Gasteiger partial charge >= 0.3 is 0 Å².